The van der Waals surface area contributed by atoms with Crippen LogP contribution in [0.5, 0.6) is 0 Å². The minimum atomic E-state index is 0.554. The quantitative estimate of drug-likeness (QED) is 0.811. The molecule has 3 rings (SSSR count). The van der Waals surface area contributed by atoms with Gasteiger partial charge in [-0.2, -0.15) is 0 Å². The predicted molar refractivity (Wildman–Crippen MR) is 84.8 cm³/mol. The standard InChI is InChI=1S/C15H19BrN4O/c16-13-6-2-1-5-12(13)15-19-18-14(21-15)11-17-7-10-20-8-3-4-9-20/h1-2,5-6,17H,3-4,7-11H2. The molecular formula is C15H19BrN4O. The van der Waals surface area contributed by atoms with E-state index < -0.39 is 0 Å². The Morgan fingerprint density at radius 1 is 1.19 bits per heavy atom. The highest BCUT2D eigenvalue weighted by Crippen LogP contribution is 2.26. The molecule has 112 valence electrons. The van der Waals surface area contributed by atoms with Gasteiger partial charge in [0.15, 0.2) is 0 Å². The fourth-order valence-corrected chi connectivity index (χ4v) is 2.96. The van der Waals surface area contributed by atoms with E-state index in [9.17, 15) is 0 Å². The van der Waals surface area contributed by atoms with Gasteiger partial charge in [-0.15, -0.1) is 10.2 Å². The number of nitrogens with one attached hydrogen (secondary N) is 1. The molecule has 0 spiro atoms. The first-order valence-electron chi connectivity index (χ1n) is 7.33. The van der Waals surface area contributed by atoms with Crippen molar-refractivity contribution in [3.8, 4) is 11.5 Å². The Morgan fingerprint density at radius 2 is 2.00 bits per heavy atom. The van der Waals surface area contributed by atoms with Gasteiger partial charge in [0.05, 0.1) is 12.1 Å². The van der Waals surface area contributed by atoms with E-state index in [1.54, 1.807) is 0 Å². The van der Waals surface area contributed by atoms with Crippen LogP contribution in [0.3, 0.4) is 0 Å². The van der Waals surface area contributed by atoms with E-state index in [1.807, 2.05) is 24.3 Å². The van der Waals surface area contributed by atoms with Gasteiger partial charge >= 0.3 is 0 Å². The van der Waals surface area contributed by atoms with E-state index in [1.165, 1.54) is 25.9 Å². The van der Waals surface area contributed by atoms with Crippen molar-refractivity contribution in [1.29, 1.82) is 0 Å². The predicted octanol–water partition coefficient (Wildman–Crippen LogP) is 2.68. The van der Waals surface area contributed by atoms with Gasteiger partial charge in [0, 0.05) is 17.6 Å². The third-order valence-corrected chi connectivity index (χ3v) is 4.34. The van der Waals surface area contributed by atoms with Gasteiger partial charge in [-0.25, -0.2) is 0 Å². The Balaban J connectivity index is 1.50. The topological polar surface area (TPSA) is 54.2 Å². The number of halogens is 1. The van der Waals surface area contributed by atoms with Crippen LogP contribution < -0.4 is 5.32 Å². The lowest BCUT2D eigenvalue weighted by molar-refractivity contribution is 0.332. The summed E-state index contributed by atoms with van der Waals surface area (Å²) in [5.74, 6) is 1.18. The smallest absolute Gasteiger partial charge is 0.248 e. The van der Waals surface area contributed by atoms with Crippen LogP contribution in [0.15, 0.2) is 33.2 Å². The molecule has 21 heavy (non-hydrogen) atoms. The summed E-state index contributed by atoms with van der Waals surface area (Å²) in [6, 6.07) is 7.85. The zero-order chi connectivity index (χ0) is 14.5. The van der Waals surface area contributed by atoms with Crippen molar-refractivity contribution in [3.63, 3.8) is 0 Å². The second kappa shape index (κ2) is 7.15. The molecule has 0 aliphatic carbocycles. The maximum Gasteiger partial charge on any atom is 0.248 e. The summed E-state index contributed by atoms with van der Waals surface area (Å²) < 4.78 is 6.65. The highest BCUT2D eigenvalue weighted by atomic mass is 79.9. The van der Waals surface area contributed by atoms with Gasteiger partial charge in [0.25, 0.3) is 0 Å². The lowest BCUT2D eigenvalue weighted by Gasteiger charge is -2.13. The van der Waals surface area contributed by atoms with Crippen LogP contribution >= 0.6 is 15.9 Å². The average Bonchev–Trinajstić information content (AvgIpc) is 3.16. The summed E-state index contributed by atoms with van der Waals surface area (Å²) in [7, 11) is 0. The Labute approximate surface area is 132 Å². The van der Waals surface area contributed by atoms with Crippen LogP contribution in [0.2, 0.25) is 0 Å². The van der Waals surface area contributed by atoms with Crippen LogP contribution in [0.25, 0.3) is 11.5 Å². The minimum absolute atomic E-state index is 0.554. The van der Waals surface area contributed by atoms with Crippen molar-refractivity contribution in [3.05, 3.63) is 34.6 Å². The number of likely N-dealkylation sites (tertiary alicyclic amines) is 1. The fourth-order valence-electron chi connectivity index (χ4n) is 2.51. The van der Waals surface area contributed by atoms with Crippen molar-refractivity contribution in [1.82, 2.24) is 20.4 Å². The largest absolute Gasteiger partial charge is 0.419 e. The molecule has 6 heteroatoms. The van der Waals surface area contributed by atoms with Crippen LogP contribution in [-0.2, 0) is 6.54 Å². The highest BCUT2D eigenvalue weighted by molar-refractivity contribution is 9.10. The van der Waals surface area contributed by atoms with E-state index in [4.69, 9.17) is 4.42 Å². The molecule has 0 atom stereocenters. The monoisotopic (exact) mass is 350 g/mol. The summed E-state index contributed by atoms with van der Waals surface area (Å²) in [6.07, 6.45) is 2.66. The molecule has 0 saturated carbocycles. The number of benzene rings is 1. The molecule has 2 heterocycles. The van der Waals surface area contributed by atoms with E-state index >= 15 is 0 Å². The second-order valence-electron chi connectivity index (χ2n) is 5.21. The SMILES string of the molecule is Brc1ccccc1-c1nnc(CNCCN2CCCC2)o1. The van der Waals surface area contributed by atoms with Gasteiger partial charge in [-0.3, -0.25) is 0 Å². The Morgan fingerprint density at radius 3 is 2.81 bits per heavy atom. The first-order valence-corrected chi connectivity index (χ1v) is 8.12. The van der Waals surface area contributed by atoms with Gasteiger partial charge in [-0.05, 0) is 54.0 Å². The number of rotatable bonds is 6. The highest BCUT2D eigenvalue weighted by Gasteiger charge is 2.12. The van der Waals surface area contributed by atoms with Gasteiger partial charge in [0.1, 0.15) is 0 Å². The fraction of sp³-hybridized carbons (Fsp3) is 0.467. The van der Waals surface area contributed by atoms with E-state index in [-0.39, 0.29) is 0 Å². The molecule has 0 amide bonds. The zero-order valence-electron chi connectivity index (χ0n) is 11.9. The molecule has 1 aromatic heterocycles. The van der Waals surface area contributed by atoms with Crippen LogP contribution in [-0.4, -0.2) is 41.3 Å². The third kappa shape index (κ3) is 3.90. The van der Waals surface area contributed by atoms with Crippen molar-refractivity contribution in [2.24, 2.45) is 0 Å². The first kappa shape index (κ1) is 14.7. The van der Waals surface area contributed by atoms with Crippen molar-refractivity contribution < 1.29 is 4.42 Å². The Hall–Kier alpha value is -1.24. The van der Waals surface area contributed by atoms with Gasteiger partial charge in [-0.1, -0.05) is 12.1 Å². The molecule has 1 N–H and O–H groups in total. The molecule has 0 unspecified atom stereocenters. The zero-order valence-corrected chi connectivity index (χ0v) is 13.5. The van der Waals surface area contributed by atoms with Crippen molar-refractivity contribution >= 4 is 15.9 Å². The summed E-state index contributed by atoms with van der Waals surface area (Å²) in [4.78, 5) is 2.48. The third-order valence-electron chi connectivity index (χ3n) is 3.65. The van der Waals surface area contributed by atoms with E-state index in [0.29, 0.717) is 18.3 Å². The molecule has 1 aliphatic rings. The van der Waals surface area contributed by atoms with Crippen molar-refractivity contribution in [2.45, 2.75) is 19.4 Å². The Kier molecular flexibility index (Phi) is 5.00. The minimum Gasteiger partial charge on any atom is -0.419 e. The Bertz CT molecular complexity index is 581. The summed E-state index contributed by atoms with van der Waals surface area (Å²) in [6.45, 7) is 5.12. The number of nitrogens with zero attached hydrogens (tertiary/aromatic N) is 3. The second-order valence-corrected chi connectivity index (χ2v) is 6.06. The lowest BCUT2D eigenvalue weighted by atomic mass is 10.2. The lowest BCUT2D eigenvalue weighted by Crippen LogP contribution is -2.29. The normalized spacial score (nSPS) is 15.7. The van der Waals surface area contributed by atoms with E-state index in [2.05, 4.69) is 36.3 Å². The number of hydrogen-bond donors (Lipinski definition) is 1. The molecule has 1 fully saturated rings. The van der Waals surface area contributed by atoms with E-state index in [0.717, 1.165) is 23.1 Å². The van der Waals surface area contributed by atoms with Gasteiger partial charge in [0.2, 0.25) is 11.8 Å². The summed E-state index contributed by atoms with van der Waals surface area (Å²) in [5, 5.41) is 11.6. The molecule has 0 bridgehead atoms. The first-order chi connectivity index (χ1) is 10.3. The molecule has 1 aromatic carbocycles. The maximum atomic E-state index is 5.69. The molecular weight excluding hydrogens is 332 g/mol. The molecule has 5 nitrogen and oxygen atoms in total. The molecule has 1 aliphatic heterocycles. The number of aromatic nitrogens is 2. The average molecular weight is 351 g/mol. The summed E-state index contributed by atoms with van der Waals surface area (Å²) >= 11 is 3.49. The molecule has 0 radical (unpaired) electrons. The van der Waals surface area contributed by atoms with Crippen LogP contribution in [0.4, 0.5) is 0 Å². The molecule has 1 saturated heterocycles. The van der Waals surface area contributed by atoms with Gasteiger partial charge < -0.3 is 14.6 Å². The van der Waals surface area contributed by atoms with Crippen LogP contribution in [0, 0.1) is 0 Å². The number of hydrogen-bond acceptors (Lipinski definition) is 5. The van der Waals surface area contributed by atoms with Crippen LogP contribution in [0.1, 0.15) is 18.7 Å². The maximum absolute atomic E-state index is 5.69. The van der Waals surface area contributed by atoms with Crippen molar-refractivity contribution in [2.75, 3.05) is 26.2 Å². The summed E-state index contributed by atoms with van der Waals surface area (Å²) in [5.41, 5.74) is 0.924. The molecule has 2 aromatic rings.